The molecule has 0 bridgehead atoms. The molecule has 0 N–H and O–H groups in total. The average Bonchev–Trinajstić information content (AvgIpc) is 1.57. The molecular weight excluding hydrogens is 653 g/mol. The van der Waals surface area contributed by atoms with E-state index in [4.69, 9.17) is 30.2 Å². The lowest BCUT2D eigenvalue weighted by molar-refractivity contribution is 1.18. The van der Waals surface area contributed by atoms with Crippen molar-refractivity contribution in [1.82, 2.24) is 9.97 Å². The molecule has 10 rings (SSSR count). The van der Waals surface area contributed by atoms with Crippen molar-refractivity contribution in [3.63, 3.8) is 0 Å². The second kappa shape index (κ2) is 13.4. The van der Waals surface area contributed by atoms with Crippen LogP contribution in [0.5, 0.6) is 0 Å². The Bertz CT molecular complexity index is 4700. The molecule has 1 aromatic heterocycles. The summed E-state index contributed by atoms with van der Waals surface area (Å²) in [7, 11) is 0. The SMILES string of the molecule is [2H]c1c([2H])c([2H])c(-c2nc(-c3c([2H])c([2H])c(-c4c([2H])c([2H])c([2H])c([2H])c4[2H])c([2H])c3[2H])cc(-c3c([2H])c([2H])c(-c4c5c([2H])c([2H])c([2H])c([2H])c5c(-c5c([2H])c([2H])c([2H])c([2H])c5[2H])c5cc([2H])c6c([2H])c([2H])c([2H])c([2H])c6c45)c([2H])c3[2H])n2)c([2H])c1[2H]. The van der Waals surface area contributed by atoms with E-state index >= 15 is 0 Å². The molecule has 0 amide bonds. The van der Waals surface area contributed by atoms with E-state index in [0.29, 0.717) is 0 Å². The number of aromatic nitrogens is 2. The van der Waals surface area contributed by atoms with Crippen molar-refractivity contribution in [1.29, 1.82) is 0 Å². The van der Waals surface area contributed by atoms with E-state index in [1.165, 1.54) is 0 Å². The first-order chi connectivity index (χ1) is 40.1. The van der Waals surface area contributed by atoms with E-state index in [-0.39, 0.29) is 0 Å². The number of nitrogens with zero attached hydrogens (tertiary/aromatic N) is 2. The Morgan fingerprint density at radius 2 is 0.741 bits per heavy atom. The molecule has 1 heterocycles. The summed E-state index contributed by atoms with van der Waals surface area (Å²) in [4.78, 5) is 8.72. The minimum atomic E-state index is -1.12. The maximum atomic E-state index is 9.86. The third-order valence-electron chi connectivity index (χ3n) is 8.24. The fourth-order valence-corrected chi connectivity index (χ4v) is 5.93. The smallest absolute Gasteiger partial charge is 0.160 e. The van der Waals surface area contributed by atoms with E-state index in [0.717, 1.165) is 12.1 Å². The molecule has 0 fully saturated rings. The third-order valence-corrected chi connectivity index (χ3v) is 8.24. The van der Waals surface area contributed by atoms with Crippen LogP contribution in [0.2, 0.25) is 0 Å². The molecule has 54 heavy (non-hydrogen) atoms. The molecule has 0 saturated heterocycles. The lowest BCUT2D eigenvalue weighted by Crippen LogP contribution is -1.96. The number of fused-ring (bicyclic) bond motifs is 4. The molecule has 0 atom stereocenters. The Kier molecular flexibility index (Phi) is 3.17. The summed E-state index contributed by atoms with van der Waals surface area (Å²) in [5, 5.41) is -3.61. The molecular formula is C52H34N2. The number of benzene rings is 9. The minimum Gasteiger partial charge on any atom is -0.228 e. The van der Waals surface area contributed by atoms with Gasteiger partial charge in [-0.25, -0.2) is 9.97 Å². The Labute approximate surface area is 359 Å². The maximum absolute atomic E-state index is 9.86. The lowest BCUT2D eigenvalue weighted by atomic mass is 9.84. The van der Waals surface area contributed by atoms with E-state index in [9.17, 15) is 13.7 Å². The minimum absolute atomic E-state index is 0.485. The molecule has 0 aliphatic carbocycles. The Morgan fingerprint density at radius 3 is 1.35 bits per heavy atom. The molecule has 0 aliphatic rings. The Morgan fingerprint density at radius 1 is 0.315 bits per heavy atom. The highest BCUT2D eigenvalue weighted by Crippen LogP contribution is 2.46. The summed E-state index contributed by atoms with van der Waals surface area (Å²) < 4.78 is 286. The van der Waals surface area contributed by atoms with Crippen LogP contribution in [0, 0.1) is 0 Å². The van der Waals surface area contributed by atoms with Gasteiger partial charge < -0.3 is 0 Å². The quantitative estimate of drug-likeness (QED) is 0.126. The summed E-state index contributed by atoms with van der Waals surface area (Å²) in [6, 6.07) is -28.4. The highest BCUT2D eigenvalue weighted by molar-refractivity contribution is 6.27. The first-order valence-electron chi connectivity index (χ1n) is 31.8. The van der Waals surface area contributed by atoms with Gasteiger partial charge in [-0.15, -0.1) is 0 Å². The van der Waals surface area contributed by atoms with Crippen LogP contribution in [0.4, 0.5) is 0 Å². The van der Waals surface area contributed by atoms with Crippen LogP contribution in [0.15, 0.2) is 205 Å². The molecule has 2 heteroatoms. The second-order valence-electron chi connectivity index (χ2n) is 11.3. The van der Waals surface area contributed by atoms with Crippen molar-refractivity contribution in [3.8, 4) is 67.3 Å². The average molecular weight is 719 g/mol. The highest BCUT2D eigenvalue weighted by atomic mass is 14.9. The van der Waals surface area contributed by atoms with Gasteiger partial charge in [-0.3, -0.25) is 0 Å². The van der Waals surface area contributed by atoms with Crippen LogP contribution in [0.3, 0.4) is 0 Å². The van der Waals surface area contributed by atoms with Crippen molar-refractivity contribution in [2.45, 2.75) is 0 Å². The van der Waals surface area contributed by atoms with Crippen LogP contribution in [-0.4, -0.2) is 9.97 Å². The molecule has 252 valence electrons. The van der Waals surface area contributed by atoms with Crippen molar-refractivity contribution in [2.75, 3.05) is 0 Å². The van der Waals surface area contributed by atoms with Gasteiger partial charge in [0.25, 0.3) is 0 Å². The van der Waals surface area contributed by atoms with E-state index in [2.05, 4.69) is 9.97 Å². The van der Waals surface area contributed by atoms with Crippen LogP contribution in [0.1, 0.15) is 43.9 Å². The van der Waals surface area contributed by atoms with Crippen LogP contribution < -0.4 is 0 Å². The van der Waals surface area contributed by atoms with E-state index < -0.39 is 293 Å². The largest absolute Gasteiger partial charge is 0.228 e. The Hall–Kier alpha value is -7.16. The van der Waals surface area contributed by atoms with Crippen LogP contribution in [-0.2, 0) is 0 Å². The standard InChI is InChI=1S/C52H34N2/c1-4-14-35(15-5-1)36-24-26-38(27-25-36)47-34-48(54-52(53-47)42-19-8-3-9-20-42)39-28-30-41(31-29-39)50-45-23-13-12-22-44(45)49(40-17-6-2-7-18-40)46-33-32-37-16-10-11-21-43(37)51(46)50/h1-34H/i1D,2D,3D,4D,5D,6D,7D,8D,9D,10D,11D,12D,13D,14D,15D,16D,17D,18D,19D,20D,21D,22D,23D,24D,25D,26D,27D,28D,29D,30D,31D,32D. The monoisotopic (exact) mass is 718 g/mol. The van der Waals surface area contributed by atoms with Crippen molar-refractivity contribution < 1.29 is 43.9 Å². The summed E-state index contributed by atoms with van der Waals surface area (Å²) in [5.41, 5.74) is -8.16. The number of rotatable bonds is 6. The zero-order chi connectivity index (χ0) is 63.7. The first kappa shape index (κ1) is 12.8. The van der Waals surface area contributed by atoms with Gasteiger partial charge >= 0.3 is 0 Å². The van der Waals surface area contributed by atoms with Gasteiger partial charge in [-0.1, -0.05) is 199 Å². The van der Waals surface area contributed by atoms with Crippen molar-refractivity contribution in [2.24, 2.45) is 0 Å². The third kappa shape index (κ3) is 5.62. The molecule has 10 aromatic rings. The summed E-state index contributed by atoms with van der Waals surface area (Å²) in [6.07, 6.45) is 0. The fraction of sp³-hybridized carbons (Fsp3) is 0. The van der Waals surface area contributed by atoms with Gasteiger partial charge in [-0.2, -0.15) is 0 Å². The molecule has 0 radical (unpaired) electrons. The van der Waals surface area contributed by atoms with Gasteiger partial charge in [0.05, 0.1) is 55.3 Å². The molecule has 0 saturated carbocycles. The van der Waals surface area contributed by atoms with Crippen LogP contribution >= 0.6 is 0 Å². The predicted molar refractivity (Wildman–Crippen MR) is 227 cm³/mol. The van der Waals surface area contributed by atoms with Gasteiger partial charge in [0.2, 0.25) is 0 Å². The van der Waals surface area contributed by atoms with Gasteiger partial charge in [-0.05, 0) is 71.8 Å². The molecule has 0 spiro atoms. The summed E-state index contributed by atoms with van der Waals surface area (Å²) in [6.45, 7) is 0. The predicted octanol–water partition coefficient (Wildman–Crippen LogP) is 13.9. The zero-order valence-electron chi connectivity index (χ0n) is 59.0. The maximum Gasteiger partial charge on any atom is 0.160 e. The highest BCUT2D eigenvalue weighted by Gasteiger charge is 2.19. The second-order valence-corrected chi connectivity index (χ2v) is 11.3. The van der Waals surface area contributed by atoms with Gasteiger partial charge in [0.15, 0.2) is 5.82 Å². The topological polar surface area (TPSA) is 25.8 Å². The number of hydrogen-bond donors (Lipinski definition) is 0. The molecule has 0 aliphatic heterocycles. The lowest BCUT2D eigenvalue weighted by Gasteiger charge is -2.19. The molecule has 9 aromatic carbocycles. The van der Waals surface area contributed by atoms with E-state index in [1.54, 1.807) is 0 Å². The van der Waals surface area contributed by atoms with Crippen LogP contribution in [0.25, 0.3) is 99.6 Å². The normalized spacial score (nSPS) is 19.6. The van der Waals surface area contributed by atoms with Crippen molar-refractivity contribution in [3.05, 3.63) is 205 Å². The summed E-state index contributed by atoms with van der Waals surface area (Å²) >= 11 is 0. The van der Waals surface area contributed by atoms with Crippen molar-refractivity contribution >= 4 is 32.3 Å². The van der Waals surface area contributed by atoms with Gasteiger partial charge in [0, 0.05) is 16.7 Å². The molecule has 0 unspecified atom stereocenters. The van der Waals surface area contributed by atoms with Gasteiger partial charge in [0.1, 0.15) is 0 Å². The first-order valence-corrected chi connectivity index (χ1v) is 15.8. The number of hydrogen-bond acceptors (Lipinski definition) is 2. The zero-order valence-corrected chi connectivity index (χ0v) is 27.0. The molecule has 2 nitrogen and oxygen atoms in total. The fourth-order valence-electron chi connectivity index (χ4n) is 5.93. The van der Waals surface area contributed by atoms with E-state index in [1.807, 2.05) is 0 Å². The Balaban J connectivity index is 1.40. The summed E-state index contributed by atoms with van der Waals surface area (Å²) in [5.74, 6) is -0.856.